The molecular weight excluding hydrogens is 565 g/mol. The van der Waals surface area contributed by atoms with Crippen LogP contribution in [0.15, 0.2) is 71.7 Å². The Morgan fingerprint density at radius 2 is 1.56 bits per heavy atom. The van der Waals surface area contributed by atoms with Crippen LogP contribution >= 0.6 is 12.2 Å². The van der Waals surface area contributed by atoms with Crippen LogP contribution in [0.3, 0.4) is 0 Å². The number of aromatic carboxylic acids is 1. The summed E-state index contributed by atoms with van der Waals surface area (Å²) in [6.07, 6.45) is -2.99. The summed E-state index contributed by atoms with van der Waals surface area (Å²) in [7, 11) is 0. The summed E-state index contributed by atoms with van der Waals surface area (Å²) in [6, 6.07) is 12.5. The highest BCUT2D eigenvalue weighted by molar-refractivity contribution is 7.80. The van der Waals surface area contributed by atoms with Crippen LogP contribution in [0.2, 0.25) is 0 Å². The van der Waals surface area contributed by atoms with Crippen molar-refractivity contribution >= 4 is 39.8 Å². The van der Waals surface area contributed by atoms with E-state index in [9.17, 15) is 32.3 Å². The summed E-state index contributed by atoms with van der Waals surface area (Å²) in [5, 5.41) is 9.41. The third-order valence-electron chi connectivity index (χ3n) is 7.02. The number of fused-ring (bicyclic) bond motifs is 1. The van der Waals surface area contributed by atoms with Gasteiger partial charge in [-0.15, -0.1) is 0 Å². The number of carboxylic acid groups (broad SMARTS) is 1. The molecule has 12 heteroatoms. The zero-order valence-corrected chi connectivity index (χ0v) is 22.1. The van der Waals surface area contributed by atoms with Crippen LogP contribution < -0.4 is 10.3 Å². The van der Waals surface area contributed by atoms with Gasteiger partial charge >= 0.3 is 12.1 Å². The van der Waals surface area contributed by atoms with Gasteiger partial charge in [-0.2, -0.15) is 13.2 Å². The lowest BCUT2D eigenvalue weighted by Gasteiger charge is -2.37. The van der Waals surface area contributed by atoms with Crippen molar-refractivity contribution in [2.75, 3.05) is 31.1 Å². The smallest absolute Gasteiger partial charge is 0.416 e. The van der Waals surface area contributed by atoms with E-state index in [1.807, 2.05) is 4.90 Å². The lowest BCUT2D eigenvalue weighted by Crippen LogP contribution is -2.49. The Morgan fingerprint density at radius 1 is 0.927 bits per heavy atom. The summed E-state index contributed by atoms with van der Waals surface area (Å²) < 4.78 is 68.8. The van der Waals surface area contributed by atoms with Crippen LogP contribution in [-0.4, -0.2) is 51.7 Å². The fourth-order valence-electron chi connectivity index (χ4n) is 4.84. The van der Waals surface area contributed by atoms with E-state index in [1.54, 1.807) is 4.90 Å². The molecule has 1 aromatic heterocycles. The minimum absolute atomic E-state index is 0.133. The molecule has 1 N–H and O–H groups in total. The Bertz CT molecular complexity index is 1700. The van der Waals surface area contributed by atoms with E-state index in [1.165, 1.54) is 47.0 Å². The van der Waals surface area contributed by atoms with Crippen molar-refractivity contribution in [1.29, 1.82) is 0 Å². The van der Waals surface area contributed by atoms with Gasteiger partial charge in [0.25, 0.3) is 0 Å². The number of alkyl halides is 3. The number of piperazine rings is 1. The number of halogens is 5. The average molecular weight is 588 g/mol. The maximum Gasteiger partial charge on any atom is 0.416 e. The van der Waals surface area contributed by atoms with Crippen LogP contribution in [-0.2, 0) is 12.6 Å². The zero-order valence-electron chi connectivity index (χ0n) is 21.3. The van der Waals surface area contributed by atoms with Crippen molar-refractivity contribution in [3.8, 4) is 5.69 Å². The monoisotopic (exact) mass is 587 g/mol. The van der Waals surface area contributed by atoms with Gasteiger partial charge in [-0.25, -0.2) is 13.6 Å². The van der Waals surface area contributed by atoms with E-state index in [-0.39, 0.29) is 23.0 Å². The van der Waals surface area contributed by atoms with Gasteiger partial charge in [0.05, 0.1) is 21.8 Å². The first kappa shape index (κ1) is 28.2. The van der Waals surface area contributed by atoms with Crippen molar-refractivity contribution in [3.05, 3.63) is 105 Å². The molecular formula is C29H22F5N3O3S. The van der Waals surface area contributed by atoms with Crippen molar-refractivity contribution in [1.82, 2.24) is 9.47 Å². The number of thiocarbonyl (C=S) groups is 1. The SMILES string of the molecule is O=C(O)c1cn(-c2ccc(F)cc2)c2cc(N3CCN(C(=S)Cc4ccc(C(F)(F)F)cc4)CC3)c(F)cc2c1=O. The average Bonchev–Trinajstić information content (AvgIpc) is 2.93. The Labute approximate surface area is 235 Å². The number of pyridine rings is 1. The van der Waals surface area contributed by atoms with Crippen molar-refractivity contribution in [3.63, 3.8) is 0 Å². The first-order valence-electron chi connectivity index (χ1n) is 12.5. The highest BCUT2D eigenvalue weighted by Crippen LogP contribution is 2.30. The number of nitrogens with zero attached hydrogens (tertiary/aromatic N) is 3. The maximum absolute atomic E-state index is 15.4. The second kappa shape index (κ2) is 10.9. The van der Waals surface area contributed by atoms with E-state index in [0.717, 1.165) is 24.4 Å². The van der Waals surface area contributed by atoms with Crippen LogP contribution in [0.1, 0.15) is 21.5 Å². The Balaban J connectivity index is 1.39. The molecule has 0 saturated carbocycles. The fourth-order valence-corrected chi connectivity index (χ4v) is 5.19. The maximum atomic E-state index is 15.4. The van der Waals surface area contributed by atoms with Gasteiger partial charge < -0.3 is 19.5 Å². The molecule has 0 aliphatic carbocycles. The number of benzene rings is 3. The summed E-state index contributed by atoms with van der Waals surface area (Å²) >= 11 is 5.53. The van der Waals surface area contributed by atoms with E-state index in [2.05, 4.69) is 0 Å². The minimum atomic E-state index is -4.42. The molecule has 0 bridgehead atoms. The van der Waals surface area contributed by atoms with Gasteiger partial charge in [0.15, 0.2) is 0 Å². The molecule has 5 rings (SSSR count). The third kappa shape index (κ3) is 5.78. The number of hydrogen-bond acceptors (Lipinski definition) is 4. The van der Waals surface area contributed by atoms with Crippen molar-refractivity contribution in [2.45, 2.75) is 12.6 Å². The molecule has 0 amide bonds. The van der Waals surface area contributed by atoms with E-state index in [4.69, 9.17) is 12.2 Å². The zero-order chi connectivity index (χ0) is 29.5. The summed E-state index contributed by atoms with van der Waals surface area (Å²) in [5.41, 5.74) is -0.645. The van der Waals surface area contributed by atoms with Gasteiger partial charge in [-0.3, -0.25) is 4.79 Å². The molecule has 212 valence electrons. The number of aromatic nitrogens is 1. The van der Waals surface area contributed by atoms with Gasteiger partial charge in [0.2, 0.25) is 5.43 Å². The molecule has 1 aliphatic heterocycles. The normalized spacial score (nSPS) is 14.0. The Kier molecular flexibility index (Phi) is 7.52. The fraction of sp³-hybridized carbons (Fsp3) is 0.207. The van der Waals surface area contributed by atoms with Crippen LogP contribution in [0.25, 0.3) is 16.6 Å². The summed E-state index contributed by atoms with van der Waals surface area (Å²) in [5.74, 6) is -2.68. The Hall–Kier alpha value is -4.32. The number of hydrogen-bond donors (Lipinski definition) is 1. The molecule has 1 saturated heterocycles. The first-order chi connectivity index (χ1) is 19.4. The Morgan fingerprint density at radius 3 is 2.15 bits per heavy atom. The van der Waals surface area contributed by atoms with Crippen LogP contribution in [0.4, 0.5) is 27.6 Å². The topological polar surface area (TPSA) is 65.8 Å². The molecule has 6 nitrogen and oxygen atoms in total. The van der Waals surface area contributed by atoms with Crippen LogP contribution in [0.5, 0.6) is 0 Å². The quantitative estimate of drug-likeness (QED) is 0.240. The number of carboxylic acids is 1. The predicted octanol–water partition coefficient (Wildman–Crippen LogP) is 5.68. The predicted molar refractivity (Wildman–Crippen MR) is 148 cm³/mol. The van der Waals surface area contributed by atoms with Crippen molar-refractivity contribution < 1.29 is 31.9 Å². The number of rotatable bonds is 5. The largest absolute Gasteiger partial charge is 0.477 e. The number of carbonyl (C=O) groups is 1. The van der Waals surface area contributed by atoms with E-state index in [0.29, 0.717) is 42.4 Å². The third-order valence-corrected chi connectivity index (χ3v) is 7.42. The number of anilines is 1. The molecule has 0 spiro atoms. The molecule has 0 radical (unpaired) electrons. The summed E-state index contributed by atoms with van der Waals surface area (Å²) in [6.45, 7) is 1.59. The van der Waals surface area contributed by atoms with Crippen LogP contribution in [0, 0.1) is 11.6 Å². The highest BCUT2D eigenvalue weighted by Gasteiger charge is 2.30. The minimum Gasteiger partial charge on any atom is -0.477 e. The first-order valence-corrected chi connectivity index (χ1v) is 12.9. The van der Waals surface area contributed by atoms with Gasteiger partial charge in [-0.1, -0.05) is 24.4 Å². The lowest BCUT2D eigenvalue weighted by molar-refractivity contribution is -0.137. The van der Waals surface area contributed by atoms with E-state index >= 15 is 4.39 Å². The molecule has 0 atom stereocenters. The molecule has 2 heterocycles. The summed E-state index contributed by atoms with van der Waals surface area (Å²) in [4.78, 5) is 28.8. The second-order valence-corrected chi connectivity index (χ2v) is 10.1. The molecule has 1 fully saturated rings. The lowest BCUT2D eigenvalue weighted by atomic mass is 10.1. The highest BCUT2D eigenvalue weighted by atomic mass is 32.1. The van der Waals surface area contributed by atoms with E-state index < -0.39 is 40.3 Å². The van der Waals surface area contributed by atoms with Crippen molar-refractivity contribution in [2.24, 2.45) is 0 Å². The molecule has 41 heavy (non-hydrogen) atoms. The molecule has 1 aliphatic rings. The standard InChI is InChI=1S/C29H22F5N3O3S/c30-19-5-7-20(8-6-19)37-16-22(28(39)40)27(38)21-14-23(31)25(15-24(21)37)35-9-11-36(12-10-35)26(41)13-17-1-3-18(4-2-17)29(32,33)34/h1-8,14-16H,9-13H2,(H,39,40). The second-order valence-electron chi connectivity index (χ2n) is 9.58. The molecule has 4 aromatic rings. The van der Waals surface area contributed by atoms with Gasteiger partial charge in [-0.05, 0) is 54.1 Å². The van der Waals surface area contributed by atoms with Gasteiger partial charge in [0, 0.05) is 49.9 Å². The molecule has 0 unspecified atom stereocenters. The van der Waals surface area contributed by atoms with Gasteiger partial charge in [0.1, 0.15) is 17.2 Å². The molecule has 3 aromatic carbocycles.